The summed E-state index contributed by atoms with van der Waals surface area (Å²) in [7, 11) is 1.66. The van der Waals surface area contributed by atoms with Gasteiger partial charge in [-0.15, -0.1) is 0 Å². The molecular weight excluding hydrogens is 352 g/mol. The third kappa shape index (κ3) is 4.90. The van der Waals surface area contributed by atoms with Crippen LogP contribution in [0.2, 0.25) is 0 Å². The SMILES string of the molecule is C=Cc1c(C=C)c(C)c2cc(C(C)(C)CC(C)(C)/C=C/C=C/OC)ccc2c1C. The lowest BCUT2D eigenvalue weighted by molar-refractivity contribution is 0.321. The molecule has 2 aromatic carbocycles. The highest BCUT2D eigenvalue weighted by Gasteiger charge is 2.29. The summed E-state index contributed by atoms with van der Waals surface area (Å²) >= 11 is 0. The predicted molar refractivity (Wildman–Crippen MR) is 130 cm³/mol. The van der Waals surface area contributed by atoms with E-state index >= 15 is 0 Å². The molecule has 1 heteroatoms. The van der Waals surface area contributed by atoms with Gasteiger partial charge in [-0.1, -0.05) is 83.4 Å². The summed E-state index contributed by atoms with van der Waals surface area (Å²) in [5, 5.41) is 2.61. The molecule has 0 N–H and O–H groups in total. The number of fused-ring (bicyclic) bond motifs is 1. The highest BCUT2D eigenvalue weighted by molar-refractivity contribution is 5.95. The maximum atomic E-state index is 4.98. The van der Waals surface area contributed by atoms with E-state index in [-0.39, 0.29) is 10.8 Å². The molecule has 0 aliphatic carbocycles. The number of rotatable bonds is 8. The fourth-order valence-electron chi connectivity index (χ4n) is 4.56. The molecule has 1 nitrogen and oxygen atoms in total. The minimum absolute atomic E-state index is 0.0405. The second kappa shape index (κ2) is 8.86. The van der Waals surface area contributed by atoms with Gasteiger partial charge >= 0.3 is 0 Å². The van der Waals surface area contributed by atoms with Gasteiger partial charge in [0, 0.05) is 0 Å². The lowest BCUT2D eigenvalue weighted by atomic mass is 9.71. The number of benzene rings is 2. The Labute approximate surface area is 177 Å². The Balaban J connectivity index is 2.51. The quantitative estimate of drug-likeness (QED) is 0.327. The zero-order valence-electron chi connectivity index (χ0n) is 19.2. The van der Waals surface area contributed by atoms with Gasteiger partial charge in [-0.3, -0.25) is 0 Å². The van der Waals surface area contributed by atoms with Crippen molar-refractivity contribution in [2.45, 2.75) is 53.4 Å². The van der Waals surface area contributed by atoms with Crippen LogP contribution < -0.4 is 0 Å². The third-order valence-electron chi connectivity index (χ3n) is 5.89. The molecule has 0 amide bonds. The maximum Gasteiger partial charge on any atom is 0.0824 e. The molecule has 0 fully saturated rings. The average molecular weight is 389 g/mol. The van der Waals surface area contributed by atoms with Gasteiger partial charge in [-0.2, -0.15) is 0 Å². The molecule has 2 rings (SSSR count). The van der Waals surface area contributed by atoms with E-state index in [1.807, 2.05) is 18.2 Å². The number of aryl methyl sites for hydroxylation is 2. The van der Waals surface area contributed by atoms with Crippen molar-refractivity contribution in [1.82, 2.24) is 0 Å². The Morgan fingerprint density at radius 2 is 1.48 bits per heavy atom. The average Bonchev–Trinajstić information content (AvgIpc) is 2.66. The summed E-state index contributed by atoms with van der Waals surface area (Å²) in [6.07, 6.45) is 12.9. The van der Waals surface area contributed by atoms with Crippen molar-refractivity contribution in [2.75, 3.05) is 7.11 Å². The van der Waals surface area contributed by atoms with E-state index in [2.05, 4.69) is 85.1 Å². The monoisotopic (exact) mass is 388 g/mol. The molecule has 0 radical (unpaired) electrons. The zero-order chi connectivity index (χ0) is 21.8. The lowest BCUT2D eigenvalue weighted by Gasteiger charge is -2.34. The Kier molecular flexibility index (Phi) is 6.95. The molecule has 0 aliphatic heterocycles. The van der Waals surface area contributed by atoms with Crippen molar-refractivity contribution < 1.29 is 4.74 Å². The molecule has 0 spiro atoms. The topological polar surface area (TPSA) is 9.23 Å². The summed E-state index contributed by atoms with van der Waals surface area (Å²) < 4.78 is 4.98. The Morgan fingerprint density at radius 1 is 0.897 bits per heavy atom. The Bertz CT molecular complexity index is 968. The van der Waals surface area contributed by atoms with Gasteiger partial charge in [0.2, 0.25) is 0 Å². The van der Waals surface area contributed by atoms with Crippen LogP contribution in [-0.2, 0) is 10.2 Å². The molecule has 0 bridgehead atoms. The van der Waals surface area contributed by atoms with Gasteiger partial charge in [-0.25, -0.2) is 0 Å². The van der Waals surface area contributed by atoms with Gasteiger partial charge in [0.05, 0.1) is 13.4 Å². The molecule has 2 aromatic rings. The van der Waals surface area contributed by atoms with Crippen LogP contribution >= 0.6 is 0 Å². The molecule has 0 heterocycles. The third-order valence-corrected chi connectivity index (χ3v) is 5.89. The van der Waals surface area contributed by atoms with E-state index in [9.17, 15) is 0 Å². The second-order valence-corrected chi connectivity index (χ2v) is 9.22. The second-order valence-electron chi connectivity index (χ2n) is 9.22. The van der Waals surface area contributed by atoms with Crippen LogP contribution in [0.3, 0.4) is 0 Å². The normalized spacial score (nSPS) is 12.8. The van der Waals surface area contributed by atoms with Gasteiger partial charge in [0.1, 0.15) is 0 Å². The summed E-state index contributed by atoms with van der Waals surface area (Å²) in [5.74, 6) is 0. The molecule has 29 heavy (non-hydrogen) atoms. The smallest absolute Gasteiger partial charge is 0.0824 e. The standard InChI is InChI=1S/C28H36O/c1-10-23-20(3)25-15-14-22(18-26(25)21(4)24(23)11-2)28(7,8)19-27(5,6)16-12-13-17-29-9/h10-18H,1-2,19H2,3-9H3/b16-12+,17-13+. The molecule has 0 unspecified atom stereocenters. The highest BCUT2D eigenvalue weighted by Crippen LogP contribution is 2.40. The highest BCUT2D eigenvalue weighted by atomic mass is 16.5. The van der Waals surface area contributed by atoms with Gasteiger partial charge < -0.3 is 4.74 Å². The molecule has 0 saturated heterocycles. The van der Waals surface area contributed by atoms with Crippen molar-refractivity contribution in [2.24, 2.45) is 5.41 Å². The number of methoxy groups -OCH3 is 1. The molecule has 0 atom stereocenters. The first-order valence-electron chi connectivity index (χ1n) is 10.3. The van der Waals surface area contributed by atoms with Crippen molar-refractivity contribution in [3.63, 3.8) is 0 Å². The number of ether oxygens (including phenoxy) is 1. The van der Waals surface area contributed by atoms with Crippen LogP contribution in [0.1, 0.15) is 61.9 Å². The molecule has 0 saturated carbocycles. The van der Waals surface area contributed by atoms with E-state index in [0.717, 1.165) is 6.42 Å². The lowest BCUT2D eigenvalue weighted by Crippen LogP contribution is -2.25. The van der Waals surface area contributed by atoms with E-state index in [1.54, 1.807) is 13.4 Å². The first kappa shape index (κ1) is 22.7. The summed E-state index contributed by atoms with van der Waals surface area (Å²) in [4.78, 5) is 0. The summed E-state index contributed by atoms with van der Waals surface area (Å²) in [6, 6.07) is 6.95. The molecule has 0 aliphatic rings. The predicted octanol–water partition coefficient (Wildman–Crippen LogP) is 8.15. The first-order valence-corrected chi connectivity index (χ1v) is 10.3. The van der Waals surface area contributed by atoms with Crippen LogP contribution in [0.15, 0.2) is 55.8 Å². The van der Waals surface area contributed by atoms with Crippen LogP contribution in [0.25, 0.3) is 22.9 Å². The van der Waals surface area contributed by atoms with Crippen LogP contribution in [0, 0.1) is 19.3 Å². The molecule has 0 aromatic heterocycles. The maximum absolute atomic E-state index is 4.98. The fraction of sp³-hybridized carbons (Fsp3) is 0.357. The minimum atomic E-state index is 0.0405. The number of hydrogen-bond donors (Lipinski definition) is 0. The van der Waals surface area contributed by atoms with E-state index in [1.165, 1.54) is 38.6 Å². The van der Waals surface area contributed by atoms with Gasteiger partial charge in [0.25, 0.3) is 0 Å². The summed E-state index contributed by atoms with van der Waals surface area (Å²) in [5.41, 5.74) is 6.40. The number of allylic oxidation sites excluding steroid dienone is 3. The van der Waals surface area contributed by atoms with Crippen LogP contribution in [-0.4, -0.2) is 7.11 Å². The van der Waals surface area contributed by atoms with E-state index in [0.29, 0.717) is 0 Å². The zero-order valence-corrected chi connectivity index (χ0v) is 19.2. The van der Waals surface area contributed by atoms with Crippen molar-refractivity contribution in [3.8, 4) is 0 Å². The van der Waals surface area contributed by atoms with Crippen molar-refractivity contribution in [1.29, 1.82) is 0 Å². The number of hydrogen-bond acceptors (Lipinski definition) is 1. The largest absolute Gasteiger partial charge is 0.504 e. The Hall–Kier alpha value is -2.54. The van der Waals surface area contributed by atoms with Gasteiger partial charge in [-0.05, 0) is 75.8 Å². The Morgan fingerprint density at radius 3 is 2.03 bits per heavy atom. The fourth-order valence-corrected chi connectivity index (χ4v) is 4.56. The first-order chi connectivity index (χ1) is 13.6. The van der Waals surface area contributed by atoms with Crippen molar-refractivity contribution in [3.05, 3.63) is 83.7 Å². The molecule has 154 valence electrons. The van der Waals surface area contributed by atoms with E-state index < -0.39 is 0 Å². The van der Waals surface area contributed by atoms with Gasteiger partial charge in [0.15, 0.2) is 0 Å². The summed E-state index contributed by atoms with van der Waals surface area (Å²) in [6.45, 7) is 21.7. The van der Waals surface area contributed by atoms with Crippen molar-refractivity contribution >= 4 is 22.9 Å². The molecular formula is C28H36O. The van der Waals surface area contributed by atoms with Crippen LogP contribution in [0.5, 0.6) is 0 Å². The minimum Gasteiger partial charge on any atom is -0.504 e. The van der Waals surface area contributed by atoms with Crippen LogP contribution in [0.4, 0.5) is 0 Å². The van der Waals surface area contributed by atoms with E-state index in [4.69, 9.17) is 4.74 Å².